The van der Waals surface area contributed by atoms with Crippen LogP contribution >= 0.6 is 0 Å². The van der Waals surface area contributed by atoms with Gasteiger partial charge in [-0.25, -0.2) is 30.0 Å². The first-order chi connectivity index (χ1) is 23.1. The predicted octanol–water partition coefficient (Wildman–Crippen LogP) is -25.9. The molecule has 0 bridgehead atoms. The van der Waals surface area contributed by atoms with E-state index in [1.165, 1.54) is 4.72 Å². The van der Waals surface area contributed by atoms with Gasteiger partial charge in [0, 0.05) is 0 Å². The van der Waals surface area contributed by atoms with Crippen LogP contribution in [0, 0.1) is 0 Å². The number of carbonyl (C=O) groups is 2. The molecule has 2 saturated heterocycles. The largest absolute Gasteiger partial charge is 1.00 e. The third-order valence-electron chi connectivity index (χ3n) is 6.57. The van der Waals surface area contributed by atoms with E-state index >= 15 is 0 Å². The monoisotopic (exact) mass is 941 g/mol. The van der Waals surface area contributed by atoms with Gasteiger partial charge in [-0.3, -0.25) is 12.5 Å². The quantitative estimate of drug-likeness (QED) is 0.0440. The molecule has 296 valence electrons. The molecule has 3 aliphatic heterocycles. The molecule has 3 unspecified atom stereocenters. The van der Waals surface area contributed by atoms with Crippen molar-refractivity contribution >= 4 is 53.2 Å². The third-order valence-corrected chi connectivity index (χ3v) is 8.59. The molecule has 0 amide bonds. The van der Waals surface area contributed by atoms with Gasteiger partial charge >= 0.3 is 148 Å². The number of carbonyl (C=O) groups excluding carboxylic acids is 2. The first-order valence-electron chi connectivity index (χ1n) is 13.1. The van der Waals surface area contributed by atoms with Crippen molar-refractivity contribution in [2.45, 2.75) is 79.8 Å². The summed E-state index contributed by atoms with van der Waals surface area (Å²) >= 11 is 0. The molecule has 0 aliphatic carbocycles. The number of nitrogens with one attached hydrogen (secondary N) is 1. The Kier molecular flexibility index (Phi) is 28.4. The molecule has 0 aromatic rings. The Balaban J connectivity index is -0.00000562. The number of hydrogen-bond acceptors (Lipinski definition) is 27. The Morgan fingerprint density at radius 1 is 0.750 bits per heavy atom. The van der Waals surface area contributed by atoms with Gasteiger partial charge in [-0.05, 0) is 6.08 Å². The van der Waals surface area contributed by atoms with Crippen LogP contribution in [0.25, 0.3) is 0 Å². The van der Waals surface area contributed by atoms with Crippen molar-refractivity contribution in [1.29, 1.82) is 0 Å². The molecule has 0 spiro atoms. The maximum absolute atomic E-state index is 11.8. The third kappa shape index (κ3) is 19.2. The summed E-state index contributed by atoms with van der Waals surface area (Å²) in [6.45, 7) is -1.64. The summed E-state index contributed by atoms with van der Waals surface area (Å²) in [7, 11) is -22.0. The van der Waals surface area contributed by atoms with Crippen molar-refractivity contribution in [3.63, 3.8) is 0 Å². The van der Waals surface area contributed by atoms with E-state index < -0.39 is 145 Å². The van der Waals surface area contributed by atoms with Crippen LogP contribution in [0.3, 0.4) is 0 Å². The number of carboxylic acid groups (broad SMARTS) is 2. The van der Waals surface area contributed by atoms with E-state index in [0.717, 1.165) is 0 Å². The molecule has 0 aromatic heterocycles. The Hall–Kier alpha value is 2.68. The normalized spacial score (nSPS) is 33.6. The summed E-state index contributed by atoms with van der Waals surface area (Å²) in [5.41, 5.74) is 0. The van der Waals surface area contributed by atoms with E-state index in [2.05, 4.69) is 17.3 Å². The Bertz CT molecular complexity index is 1790. The summed E-state index contributed by atoms with van der Waals surface area (Å²) in [5.74, 6) is -5.90. The zero-order valence-electron chi connectivity index (χ0n) is 29.6. The maximum atomic E-state index is 11.8. The predicted molar refractivity (Wildman–Crippen MR) is 137 cm³/mol. The Morgan fingerprint density at radius 2 is 1.29 bits per heavy atom. The number of ether oxygens (including phenoxy) is 5. The van der Waals surface area contributed by atoms with Gasteiger partial charge in [-0.15, -0.1) is 0 Å². The molecule has 3 heterocycles. The first kappa shape index (κ1) is 63.0. The van der Waals surface area contributed by atoms with Crippen molar-refractivity contribution < 1.29 is 272 Å². The maximum Gasteiger partial charge on any atom is 1.00 e. The minimum Gasteiger partial charge on any atom is -0.735 e. The molecular formula is C19H24NNa5O27S4. The molecule has 56 heavy (non-hydrogen) atoms. The summed E-state index contributed by atoms with van der Waals surface area (Å²) in [4.78, 5) is 23.2. The van der Waals surface area contributed by atoms with Crippen molar-refractivity contribution in [3.05, 3.63) is 11.8 Å². The van der Waals surface area contributed by atoms with Gasteiger partial charge < -0.3 is 77.6 Å². The van der Waals surface area contributed by atoms with Crippen LogP contribution in [0.2, 0.25) is 0 Å². The molecule has 13 atom stereocenters. The van der Waals surface area contributed by atoms with Gasteiger partial charge in [0.15, 0.2) is 35.1 Å². The van der Waals surface area contributed by atoms with E-state index in [4.69, 9.17) is 18.9 Å². The number of hydrogen-bond donors (Lipinski definition) is 5. The van der Waals surface area contributed by atoms with Gasteiger partial charge in [0.2, 0.25) is 27.1 Å². The smallest absolute Gasteiger partial charge is 0.735 e. The standard InChI is InChI=1S/C19H29NO27S4.5Na/c1-48(29,30)46-13-9(23)12(14(16(26)27)43-17(13)28)45-18-7(20-49(31,32)33)8(22)11(6(42-18)3-40-50(34,35)36)44-19-10(47-51(37,38)39)4(21)2-5(41-19)15(24)25;;;;;/h2,4,6-14,17-23,28H,3H2,1H3,(H,24,25)(H,26,27)(H,31,32,33)(H,34,35,36)(H,37,38,39);;;;;/q;5*+1/p-5/t4-,6+,7+,8+,9-,10+,11?,12?,13+,14+,17?,18+,19-;;;;;/m0...../s1. The SMILES string of the molecule is CS(=O)(=O)O[C@H]1C(O)O[C@@H](C(=O)[O-])C(O[C@H]2O[C@H](COS(=O)(=O)[O-])C(O[C@@H]3OC(C(=O)[O-])=C[C@H](O)[C@H]3OS(=O)(=O)[O-])[C@H](O)[C@H]2NS(=O)(=O)[O-])[C@@H]1O.[Na+].[Na+].[Na+].[Na+].[Na+]. The molecule has 3 aliphatic rings. The summed E-state index contributed by atoms with van der Waals surface area (Å²) in [6.07, 6.45) is -30.4. The van der Waals surface area contributed by atoms with Crippen LogP contribution in [0.15, 0.2) is 11.8 Å². The van der Waals surface area contributed by atoms with Gasteiger partial charge in [-0.1, -0.05) is 0 Å². The topological polar surface area (TPSA) is 453 Å². The van der Waals surface area contributed by atoms with Gasteiger partial charge in [0.25, 0.3) is 10.1 Å². The van der Waals surface area contributed by atoms with Crippen LogP contribution in [-0.2, 0) is 87.0 Å². The fraction of sp³-hybridized carbons (Fsp3) is 0.789. The molecule has 0 aromatic carbocycles. The molecule has 37 heteroatoms. The second kappa shape index (κ2) is 25.2. The summed E-state index contributed by atoms with van der Waals surface area (Å²) in [5, 5.41) is 65.4. The zero-order chi connectivity index (χ0) is 39.0. The van der Waals surface area contributed by atoms with Crippen LogP contribution in [0.1, 0.15) is 0 Å². The van der Waals surface area contributed by atoms with E-state index in [9.17, 15) is 87.6 Å². The molecule has 0 saturated carbocycles. The second-order valence-corrected chi connectivity index (χ2v) is 15.1. The minimum atomic E-state index is -5.83. The van der Waals surface area contributed by atoms with Crippen molar-refractivity contribution in [3.8, 4) is 0 Å². The van der Waals surface area contributed by atoms with Gasteiger partial charge in [-0.2, -0.15) is 8.42 Å². The number of aliphatic carboxylic acids is 2. The molecule has 28 nitrogen and oxygen atoms in total. The number of aliphatic hydroxyl groups is 4. The van der Waals surface area contributed by atoms with Crippen LogP contribution in [-0.4, -0.2) is 172 Å². The minimum absolute atomic E-state index is 0. The number of aliphatic hydroxyl groups excluding tert-OH is 4. The summed E-state index contributed by atoms with van der Waals surface area (Å²) in [6, 6.07) is -2.67. The van der Waals surface area contributed by atoms with Gasteiger partial charge in [0.05, 0.1) is 18.8 Å². The van der Waals surface area contributed by atoms with Crippen LogP contribution < -0.4 is 163 Å². The van der Waals surface area contributed by atoms with Crippen molar-refractivity contribution in [2.24, 2.45) is 0 Å². The molecule has 5 N–H and O–H groups in total. The second-order valence-electron chi connectivity index (χ2n) is 10.3. The Labute approximate surface area is 427 Å². The summed E-state index contributed by atoms with van der Waals surface area (Å²) < 4.78 is 165. The van der Waals surface area contributed by atoms with Crippen LogP contribution in [0.5, 0.6) is 0 Å². The van der Waals surface area contributed by atoms with Crippen LogP contribution in [0.4, 0.5) is 0 Å². The van der Waals surface area contributed by atoms with E-state index in [-0.39, 0.29) is 154 Å². The van der Waals surface area contributed by atoms with Crippen molar-refractivity contribution in [2.75, 3.05) is 12.9 Å². The Morgan fingerprint density at radius 3 is 1.73 bits per heavy atom. The van der Waals surface area contributed by atoms with E-state index in [1.807, 2.05) is 0 Å². The van der Waals surface area contributed by atoms with Gasteiger partial charge in [0.1, 0.15) is 60.5 Å². The van der Waals surface area contributed by atoms with E-state index in [0.29, 0.717) is 6.26 Å². The zero-order valence-corrected chi connectivity index (χ0v) is 42.9. The first-order valence-corrected chi connectivity index (χ1v) is 19.0. The molecule has 0 radical (unpaired) electrons. The average molecular weight is 942 g/mol. The average Bonchev–Trinajstić information content (AvgIpc) is 2.93. The fourth-order valence-corrected chi connectivity index (χ4v) is 6.65. The molecular weight excluding hydrogens is 917 g/mol. The fourth-order valence-electron chi connectivity index (χ4n) is 4.68. The molecule has 2 fully saturated rings. The van der Waals surface area contributed by atoms with Crippen molar-refractivity contribution in [1.82, 2.24) is 4.72 Å². The number of rotatable bonds is 15. The molecule has 3 rings (SSSR count). The number of carboxylic acids is 2. The van der Waals surface area contributed by atoms with E-state index in [1.54, 1.807) is 0 Å².